The highest BCUT2D eigenvalue weighted by atomic mass is 19.4. The highest BCUT2D eigenvalue weighted by Crippen LogP contribution is 2.27. The van der Waals surface area contributed by atoms with Crippen LogP contribution in [0.25, 0.3) is 0 Å². The number of hydrogen-bond acceptors (Lipinski definition) is 2. The van der Waals surface area contributed by atoms with E-state index in [0.29, 0.717) is 12.1 Å². The summed E-state index contributed by atoms with van der Waals surface area (Å²) < 4.78 is 36.4. The minimum absolute atomic E-state index is 0.435. The van der Waals surface area contributed by atoms with Crippen LogP contribution in [0, 0.1) is 0 Å². The van der Waals surface area contributed by atoms with Crippen LogP contribution in [-0.4, -0.2) is 9.97 Å². The average molecular weight is 190 g/mol. The SMILES string of the molecule is CCCc1cc(C(F)(F)F)ncn1. The van der Waals surface area contributed by atoms with Crippen LogP contribution in [0.1, 0.15) is 24.7 Å². The lowest BCUT2D eigenvalue weighted by Gasteiger charge is -2.05. The van der Waals surface area contributed by atoms with E-state index in [1.807, 2.05) is 6.92 Å². The Hall–Kier alpha value is -1.13. The number of aryl methyl sites for hydroxylation is 1. The summed E-state index contributed by atoms with van der Waals surface area (Å²) in [7, 11) is 0. The van der Waals surface area contributed by atoms with Gasteiger partial charge < -0.3 is 0 Å². The molecular formula is C8H9F3N2. The molecule has 13 heavy (non-hydrogen) atoms. The van der Waals surface area contributed by atoms with E-state index in [1.54, 1.807) is 0 Å². The number of alkyl halides is 3. The first-order valence-electron chi connectivity index (χ1n) is 3.92. The maximum atomic E-state index is 12.1. The second-order valence-corrected chi connectivity index (χ2v) is 2.64. The molecule has 0 N–H and O–H groups in total. The van der Waals surface area contributed by atoms with Crippen molar-refractivity contribution in [2.75, 3.05) is 0 Å². The van der Waals surface area contributed by atoms with Crippen molar-refractivity contribution in [3.8, 4) is 0 Å². The molecule has 5 heteroatoms. The van der Waals surface area contributed by atoms with E-state index < -0.39 is 11.9 Å². The molecule has 0 fully saturated rings. The maximum absolute atomic E-state index is 12.1. The van der Waals surface area contributed by atoms with Gasteiger partial charge >= 0.3 is 6.18 Å². The molecule has 1 rings (SSSR count). The van der Waals surface area contributed by atoms with E-state index in [2.05, 4.69) is 9.97 Å². The third kappa shape index (κ3) is 2.68. The van der Waals surface area contributed by atoms with Gasteiger partial charge in [0.25, 0.3) is 0 Å². The minimum Gasteiger partial charge on any atom is -0.241 e. The molecule has 0 atom stereocenters. The molecule has 2 nitrogen and oxygen atoms in total. The van der Waals surface area contributed by atoms with Gasteiger partial charge in [0.15, 0.2) is 0 Å². The van der Waals surface area contributed by atoms with Gasteiger partial charge in [0, 0.05) is 5.69 Å². The summed E-state index contributed by atoms with van der Waals surface area (Å²) in [6.07, 6.45) is -2.10. The van der Waals surface area contributed by atoms with Gasteiger partial charge in [-0.05, 0) is 12.5 Å². The summed E-state index contributed by atoms with van der Waals surface area (Å²) in [6, 6.07) is 0.990. The second-order valence-electron chi connectivity index (χ2n) is 2.64. The maximum Gasteiger partial charge on any atom is 0.433 e. The third-order valence-electron chi connectivity index (χ3n) is 1.52. The average Bonchev–Trinajstić information content (AvgIpc) is 2.04. The van der Waals surface area contributed by atoms with Gasteiger partial charge in [0.2, 0.25) is 0 Å². The predicted molar refractivity (Wildman–Crippen MR) is 41.0 cm³/mol. The van der Waals surface area contributed by atoms with Gasteiger partial charge in [-0.25, -0.2) is 9.97 Å². The number of hydrogen-bond donors (Lipinski definition) is 0. The van der Waals surface area contributed by atoms with Crippen LogP contribution in [0.5, 0.6) is 0 Å². The molecule has 1 aromatic rings. The summed E-state index contributed by atoms with van der Waals surface area (Å²) in [4.78, 5) is 6.89. The molecule has 0 amide bonds. The van der Waals surface area contributed by atoms with E-state index >= 15 is 0 Å². The molecule has 0 radical (unpaired) electrons. The first kappa shape index (κ1) is 9.95. The number of nitrogens with zero attached hydrogens (tertiary/aromatic N) is 2. The lowest BCUT2D eigenvalue weighted by molar-refractivity contribution is -0.141. The number of rotatable bonds is 2. The topological polar surface area (TPSA) is 25.8 Å². The molecule has 72 valence electrons. The van der Waals surface area contributed by atoms with Crippen molar-refractivity contribution in [3.05, 3.63) is 23.8 Å². The summed E-state index contributed by atoms with van der Waals surface area (Å²) in [5.74, 6) is 0. The van der Waals surface area contributed by atoms with Crippen LogP contribution >= 0.6 is 0 Å². The zero-order valence-electron chi connectivity index (χ0n) is 7.10. The first-order valence-corrected chi connectivity index (χ1v) is 3.92. The molecule has 0 aliphatic heterocycles. The normalized spacial score (nSPS) is 11.7. The fourth-order valence-corrected chi connectivity index (χ4v) is 0.945. The van der Waals surface area contributed by atoms with Crippen LogP contribution in [-0.2, 0) is 12.6 Å². The van der Waals surface area contributed by atoms with Crippen molar-refractivity contribution >= 4 is 0 Å². The Kier molecular flexibility index (Phi) is 2.85. The Morgan fingerprint density at radius 2 is 2.00 bits per heavy atom. The zero-order chi connectivity index (χ0) is 9.90. The predicted octanol–water partition coefficient (Wildman–Crippen LogP) is 2.45. The monoisotopic (exact) mass is 190 g/mol. The molecule has 0 bridgehead atoms. The molecule has 0 spiro atoms. The van der Waals surface area contributed by atoms with Crippen LogP contribution in [0.3, 0.4) is 0 Å². The molecule has 0 aromatic carbocycles. The van der Waals surface area contributed by atoms with E-state index in [9.17, 15) is 13.2 Å². The molecule has 1 heterocycles. The Labute approximate surface area is 73.8 Å². The summed E-state index contributed by atoms with van der Waals surface area (Å²) in [6.45, 7) is 1.88. The lowest BCUT2D eigenvalue weighted by atomic mass is 10.2. The van der Waals surface area contributed by atoms with Gasteiger partial charge in [0.05, 0.1) is 0 Å². The Balaban J connectivity index is 2.92. The molecule has 0 aliphatic carbocycles. The molecule has 0 saturated carbocycles. The number of aromatic nitrogens is 2. The summed E-state index contributed by atoms with van der Waals surface area (Å²) >= 11 is 0. The van der Waals surface area contributed by atoms with Gasteiger partial charge in [-0.3, -0.25) is 0 Å². The molecule has 0 unspecified atom stereocenters. The van der Waals surface area contributed by atoms with Crippen LogP contribution in [0.4, 0.5) is 13.2 Å². The van der Waals surface area contributed by atoms with Crippen molar-refractivity contribution < 1.29 is 13.2 Å². The number of halogens is 3. The van der Waals surface area contributed by atoms with Gasteiger partial charge in [-0.2, -0.15) is 13.2 Å². The third-order valence-corrected chi connectivity index (χ3v) is 1.52. The lowest BCUT2D eigenvalue weighted by Crippen LogP contribution is -2.09. The molecule has 1 aromatic heterocycles. The molecule has 0 aliphatic rings. The zero-order valence-corrected chi connectivity index (χ0v) is 7.10. The van der Waals surface area contributed by atoms with E-state index in [0.717, 1.165) is 18.8 Å². The van der Waals surface area contributed by atoms with E-state index in [4.69, 9.17) is 0 Å². The Morgan fingerprint density at radius 3 is 2.54 bits per heavy atom. The molecule has 0 saturated heterocycles. The molecular weight excluding hydrogens is 181 g/mol. The van der Waals surface area contributed by atoms with Crippen molar-refractivity contribution in [1.29, 1.82) is 0 Å². The van der Waals surface area contributed by atoms with Crippen LogP contribution in [0.2, 0.25) is 0 Å². The standard InChI is InChI=1S/C8H9F3N2/c1-2-3-6-4-7(8(9,10)11)13-5-12-6/h4-5H,2-3H2,1H3. The Morgan fingerprint density at radius 1 is 1.31 bits per heavy atom. The van der Waals surface area contributed by atoms with Crippen molar-refractivity contribution in [1.82, 2.24) is 9.97 Å². The van der Waals surface area contributed by atoms with Crippen LogP contribution in [0.15, 0.2) is 12.4 Å². The quantitative estimate of drug-likeness (QED) is 0.715. The van der Waals surface area contributed by atoms with Gasteiger partial charge in [-0.1, -0.05) is 13.3 Å². The van der Waals surface area contributed by atoms with E-state index in [1.165, 1.54) is 0 Å². The fraction of sp³-hybridized carbons (Fsp3) is 0.500. The van der Waals surface area contributed by atoms with Crippen molar-refractivity contribution in [2.45, 2.75) is 25.9 Å². The fourth-order valence-electron chi connectivity index (χ4n) is 0.945. The van der Waals surface area contributed by atoms with Crippen molar-refractivity contribution in [3.63, 3.8) is 0 Å². The summed E-state index contributed by atoms with van der Waals surface area (Å²) in [5.41, 5.74) is -0.434. The van der Waals surface area contributed by atoms with E-state index in [-0.39, 0.29) is 0 Å². The van der Waals surface area contributed by atoms with Gasteiger partial charge in [0.1, 0.15) is 12.0 Å². The highest BCUT2D eigenvalue weighted by Gasteiger charge is 2.32. The summed E-state index contributed by atoms with van der Waals surface area (Å²) in [5, 5.41) is 0. The highest BCUT2D eigenvalue weighted by molar-refractivity contribution is 5.11. The Bertz CT molecular complexity index is 283. The minimum atomic E-state index is -4.37. The largest absolute Gasteiger partial charge is 0.433 e. The second kappa shape index (κ2) is 3.72. The smallest absolute Gasteiger partial charge is 0.241 e. The first-order chi connectivity index (χ1) is 6.04. The van der Waals surface area contributed by atoms with Crippen molar-refractivity contribution in [2.24, 2.45) is 0 Å². The van der Waals surface area contributed by atoms with Gasteiger partial charge in [-0.15, -0.1) is 0 Å². The van der Waals surface area contributed by atoms with Crippen LogP contribution < -0.4 is 0 Å².